The van der Waals surface area contributed by atoms with Crippen LogP contribution in [0.1, 0.15) is 0 Å². The molecule has 1 saturated heterocycles. The van der Waals surface area contributed by atoms with Crippen molar-refractivity contribution in [3.63, 3.8) is 0 Å². The Hall–Kier alpha value is -2.27. The molecule has 0 unspecified atom stereocenters. The highest BCUT2D eigenvalue weighted by Crippen LogP contribution is 2.28. The van der Waals surface area contributed by atoms with Crippen LogP contribution < -0.4 is 0 Å². The van der Waals surface area contributed by atoms with Gasteiger partial charge in [-0.25, -0.2) is 17.8 Å². The highest BCUT2D eigenvalue weighted by molar-refractivity contribution is 8.01. The van der Waals surface area contributed by atoms with E-state index in [9.17, 15) is 17.6 Å². The van der Waals surface area contributed by atoms with Crippen LogP contribution in [-0.4, -0.2) is 60.4 Å². The molecule has 3 aromatic rings. The Bertz CT molecular complexity index is 1160. The number of carbonyl (C=O) groups is 1. The molecule has 2 aromatic carbocycles. The van der Waals surface area contributed by atoms with Crippen molar-refractivity contribution in [2.24, 2.45) is 0 Å². The Morgan fingerprint density at radius 3 is 2.52 bits per heavy atom. The first-order valence-electron chi connectivity index (χ1n) is 9.61. The number of carbonyl (C=O) groups excluding carboxylic acids is 1. The maximum Gasteiger partial charge on any atom is 0.243 e. The first-order valence-corrected chi connectivity index (χ1v) is 12.9. The summed E-state index contributed by atoms with van der Waals surface area (Å²) in [5.74, 6) is -0.396. The van der Waals surface area contributed by atoms with E-state index < -0.39 is 15.8 Å². The van der Waals surface area contributed by atoms with E-state index >= 15 is 0 Å². The molecule has 1 aliphatic heterocycles. The Morgan fingerprint density at radius 2 is 1.81 bits per heavy atom. The van der Waals surface area contributed by atoms with Crippen LogP contribution in [0, 0.1) is 5.82 Å². The van der Waals surface area contributed by atoms with Crippen LogP contribution in [0.25, 0.3) is 11.3 Å². The molecule has 1 amide bonds. The van der Waals surface area contributed by atoms with Gasteiger partial charge in [0.15, 0.2) is 4.34 Å². The molecule has 0 bridgehead atoms. The molecule has 2 heterocycles. The summed E-state index contributed by atoms with van der Waals surface area (Å²) < 4.78 is 40.9. The van der Waals surface area contributed by atoms with Gasteiger partial charge < -0.3 is 4.90 Å². The maximum atomic E-state index is 13.4. The van der Waals surface area contributed by atoms with Crippen LogP contribution >= 0.6 is 23.1 Å². The average molecular weight is 478 g/mol. The van der Waals surface area contributed by atoms with Crippen molar-refractivity contribution in [2.75, 3.05) is 31.9 Å². The summed E-state index contributed by atoms with van der Waals surface area (Å²) in [5.41, 5.74) is 1.92. The van der Waals surface area contributed by atoms with Crippen LogP contribution in [0.5, 0.6) is 0 Å². The van der Waals surface area contributed by atoms with Gasteiger partial charge >= 0.3 is 0 Å². The monoisotopic (exact) mass is 477 g/mol. The van der Waals surface area contributed by atoms with E-state index in [4.69, 9.17) is 0 Å². The van der Waals surface area contributed by atoms with Crippen LogP contribution in [0.2, 0.25) is 0 Å². The predicted molar refractivity (Wildman–Crippen MR) is 120 cm³/mol. The van der Waals surface area contributed by atoms with Crippen molar-refractivity contribution in [3.05, 3.63) is 65.8 Å². The van der Waals surface area contributed by atoms with E-state index in [-0.39, 0.29) is 29.6 Å². The molecular weight excluding hydrogens is 457 g/mol. The largest absolute Gasteiger partial charge is 0.339 e. The van der Waals surface area contributed by atoms with Gasteiger partial charge in [-0.15, -0.1) is 11.3 Å². The molecule has 1 fully saturated rings. The van der Waals surface area contributed by atoms with E-state index in [0.29, 0.717) is 13.1 Å². The minimum Gasteiger partial charge on any atom is -0.339 e. The van der Waals surface area contributed by atoms with Gasteiger partial charge in [-0.1, -0.05) is 48.2 Å². The fraction of sp³-hybridized carbons (Fsp3) is 0.238. The molecule has 1 aromatic heterocycles. The van der Waals surface area contributed by atoms with Crippen LogP contribution in [-0.2, 0) is 14.8 Å². The van der Waals surface area contributed by atoms with Crippen molar-refractivity contribution < 1.29 is 17.6 Å². The number of hydrogen-bond donors (Lipinski definition) is 0. The van der Waals surface area contributed by atoms with Crippen LogP contribution in [0.4, 0.5) is 4.39 Å². The average Bonchev–Trinajstić information content (AvgIpc) is 3.27. The number of thiazole rings is 1. The van der Waals surface area contributed by atoms with Crippen molar-refractivity contribution >= 4 is 39.0 Å². The number of sulfonamides is 1. The van der Waals surface area contributed by atoms with E-state index in [1.54, 1.807) is 4.90 Å². The Kier molecular flexibility index (Phi) is 6.71. The second-order valence-electron chi connectivity index (χ2n) is 6.90. The zero-order chi connectivity index (χ0) is 21.8. The lowest BCUT2D eigenvalue weighted by Crippen LogP contribution is -2.50. The highest BCUT2D eigenvalue weighted by Gasteiger charge is 2.30. The van der Waals surface area contributed by atoms with Crippen molar-refractivity contribution in [3.8, 4) is 11.3 Å². The summed E-state index contributed by atoms with van der Waals surface area (Å²) in [5, 5.41) is 1.97. The minimum absolute atomic E-state index is 0.0516. The second kappa shape index (κ2) is 9.47. The molecule has 1 aliphatic rings. The summed E-state index contributed by atoms with van der Waals surface area (Å²) in [4.78, 5) is 18.8. The third kappa shape index (κ3) is 5.15. The van der Waals surface area contributed by atoms with Crippen molar-refractivity contribution in [2.45, 2.75) is 9.24 Å². The quantitative estimate of drug-likeness (QED) is 0.508. The molecule has 0 atom stereocenters. The lowest BCUT2D eigenvalue weighted by Gasteiger charge is -2.34. The molecule has 0 spiro atoms. The molecule has 4 rings (SSSR count). The number of benzene rings is 2. The van der Waals surface area contributed by atoms with E-state index in [0.717, 1.165) is 21.7 Å². The Labute approximate surface area is 188 Å². The lowest BCUT2D eigenvalue weighted by atomic mass is 10.2. The second-order valence-corrected chi connectivity index (χ2v) is 10.9. The van der Waals surface area contributed by atoms with Crippen molar-refractivity contribution in [1.82, 2.24) is 14.2 Å². The lowest BCUT2D eigenvalue weighted by molar-refractivity contribution is -0.129. The summed E-state index contributed by atoms with van der Waals surface area (Å²) in [7, 11) is -3.77. The Balaban J connectivity index is 1.30. The number of halogens is 1. The predicted octanol–water partition coefficient (Wildman–Crippen LogP) is 3.57. The normalized spacial score (nSPS) is 15.2. The number of thioether (sulfide) groups is 1. The third-order valence-corrected chi connectivity index (χ3v) is 8.80. The van der Waals surface area contributed by atoms with Crippen LogP contribution in [0.15, 0.2) is 69.2 Å². The van der Waals surface area contributed by atoms with E-state index in [1.807, 2.05) is 35.7 Å². The molecule has 0 saturated carbocycles. The smallest absolute Gasteiger partial charge is 0.243 e. The minimum atomic E-state index is -3.77. The number of piperazine rings is 1. The maximum absolute atomic E-state index is 13.4. The summed E-state index contributed by atoms with van der Waals surface area (Å²) >= 11 is 2.88. The van der Waals surface area contributed by atoms with Gasteiger partial charge in [0, 0.05) is 37.1 Å². The number of amides is 1. The molecule has 31 heavy (non-hydrogen) atoms. The van der Waals surface area contributed by atoms with Crippen LogP contribution in [0.3, 0.4) is 0 Å². The Morgan fingerprint density at radius 1 is 1.06 bits per heavy atom. The van der Waals surface area contributed by atoms with Gasteiger partial charge in [0.2, 0.25) is 15.9 Å². The number of nitrogens with zero attached hydrogens (tertiary/aromatic N) is 3. The fourth-order valence-electron chi connectivity index (χ4n) is 3.23. The molecule has 0 aliphatic carbocycles. The van der Waals surface area contributed by atoms with Gasteiger partial charge in [0.1, 0.15) is 5.82 Å². The van der Waals surface area contributed by atoms with Gasteiger partial charge in [-0.05, 0) is 18.2 Å². The molecule has 0 N–H and O–H groups in total. The number of rotatable bonds is 6. The third-order valence-electron chi connectivity index (χ3n) is 4.90. The van der Waals surface area contributed by atoms with Gasteiger partial charge in [-0.3, -0.25) is 4.79 Å². The van der Waals surface area contributed by atoms with Gasteiger partial charge in [0.05, 0.1) is 16.3 Å². The molecule has 6 nitrogen and oxygen atoms in total. The molecule has 10 heteroatoms. The zero-order valence-corrected chi connectivity index (χ0v) is 18.9. The van der Waals surface area contributed by atoms with Gasteiger partial charge in [-0.2, -0.15) is 4.31 Å². The molecular formula is C21H20FN3O3S3. The van der Waals surface area contributed by atoms with E-state index in [2.05, 4.69) is 4.98 Å². The first kappa shape index (κ1) is 21.9. The van der Waals surface area contributed by atoms with Crippen molar-refractivity contribution in [1.29, 1.82) is 0 Å². The summed E-state index contributed by atoms with van der Waals surface area (Å²) in [6, 6.07) is 14.8. The first-order chi connectivity index (χ1) is 14.9. The topological polar surface area (TPSA) is 70.6 Å². The number of aromatic nitrogens is 1. The van der Waals surface area contributed by atoms with Gasteiger partial charge in [0.25, 0.3) is 0 Å². The fourth-order valence-corrected chi connectivity index (χ4v) is 6.43. The summed E-state index contributed by atoms with van der Waals surface area (Å²) in [6.45, 7) is 0.984. The summed E-state index contributed by atoms with van der Waals surface area (Å²) in [6.07, 6.45) is 0. The standard InChI is InChI=1S/C21H20FN3O3S3/c22-17-7-4-8-18(13-17)31(27,28)25-11-9-24(10-12-25)20(26)15-30-21-23-19(14-29-21)16-5-2-1-3-6-16/h1-8,13-14H,9-12,15H2. The molecule has 162 valence electrons. The zero-order valence-electron chi connectivity index (χ0n) is 16.5. The number of hydrogen-bond acceptors (Lipinski definition) is 6. The van der Waals surface area contributed by atoms with E-state index in [1.165, 1.54) is 45.6 Å². The highest BCUT2D eigenvalue weighted by atomic mass is 32.2. The SMILES string of the molecule is O=C(CSc1nc(-c2ccccc2)cs1)N1CCN(S(=O)(=O)c2cccc(F)c2)CC1. The molecule has 0 radical (unpaired) electrons.